The summed E-state index contributed by atoms with van der Waals surface area (Å²) in [6.07, 6.45) is 2.09. The van der Waals surface area contributed by atoms with Gasteiger partial charge in [0.1, 0.15) is 0 Å². The molecular weight excluding hydrogens is 526 g/mol. The van der Waals surface area contributed by atoms with Crippen LogP contribution in [0.1, 0.15) is 23.0 Å². The zero-order chi connectivity index (χ0) is 14.1. The number of benzene rings is 1. The van der Waals surface area contributed by atoms with Crippen LogP contribution in [0.2, 0.25) is 20.1 Å². The third-order valence-corrected chi connectivity index (χ3v) is 8.19. The van der Waals surface area contributed by atoms with Gasteiger partial charge in [-0.1, -0.05) is 100 Å². The van der Waals surface area contributed by atoms with E-state index in [1.54, 1.807) is 0 Å². The van der Waals surface area contributed by atoms with E-state index in [1.807, 2.05) is 0 Å². The fourth-order valence-electron chi connectivity index (χ4n) is 2.46. The molecule has 19 heavy (non-hydrogen) atoms. The molecule has 2 unspecified atom stereocenters. The lowest BCUT2D eigenvalue weighted by Crippen LogP contribution is -2.21. The molecule has 7 heteroatoms. The average Bonchev–Trinajstić information content (AvgIpc) is 2.38. The molecule has 0 heterocycles. The van der Waals surface area contributed by atoms with Crippen molar-refractivity contribution in [1.29, 1.82) is 0 Å². The summed E-state index contributed by atoms with van der Waals surface area (Å²) in [5.74, 6) is -0.0438. The molecule has 0 amide bonds. The van der Waals surface area contributed by atoms with Crippen LogP contribution in [0.5, 0.6) is 0 Å². The first-order valence-electron chi connectivity index (χ1n) is 5.14. The molecule has 0 nitrogen and oxygen atoms in total. The van der Waals surface area contributed by atoms with Crippen LogP contribution in [0, 0.1) is 0 Å². The van der Waals surface area contributed by atoms with E-state index in [0.29, 0.717) is 20.1 Å². The van der Waals surface area contributed by atoms with Gasteiger partial charge in [0.2, 0.25) is 0 Å². The summed E-state index contributed by atoms with van der Waals surface area (Å²) in [5, 5.41) is 1.54. The minimum Gasteiger partial charge on any atom is -0.0823 e. The van der Waals surface area contributed by atoms with Crippen molar-refractivity contribution >= 4 is 94.2 Å². The number of rotatable bonds is 0. The minimum absolute atomic E-state index is 0.0106. The van der Waals surface area contributed by atoms with Crippen molar-refractivity contribution in [1.82, 2.24) is 0 Å². The summed E-state index contributed by atoms with van der Waals surface area (Å²) in [5.41, 5.74) is 1.83. The van der Waals surface area contributed by atoms with Gasteiger partial charge in [0, 0.05) is 25.3 Å². The Hall–Kier alpha value is 1.30. The molecule has 2 bridgehead atoms. The van der Waals surface area contributed by atoms with E-state index in [9.17, 15) is 0 Å². The van der Waals surface area contributed by atoms with Gasteiger partial charge in [0.25, 0.3) is 0 Å². The summed E-state index contributed by atoms with van der Waals surface area (Å²) in [6.45, 7) is 0. The molecule has 0 aliphatic heterocycles. The molecule has 1 aromatic rings. The van der Waals surface area contributed by atoms with E-state index < -0.39 is 0 Å². The summed E-state index contributed by atoms with van der Waals surface area (Å²) in [4.78, 5) is 0. The molecule has 1 aromatic carbocycles. The van der Waals surface area contributed by atoms with Crippen LogP contribution in [-0.4, -0.2) is 0 Å². The summed E-state index contributed by atoms with van der Waals surface area (Å²) in [7, 11) is 0. The smallest absolute Gasteiger partial charge is 0.0797 e. The highest BCUT2D eigenvalue weighted by Gasteiger charge is 2.42. The predicted octanol–water partition coefficient (Wildman–Crippen LogP) is 7.77. The molecule has 0 spiro atoms. The van der Waals surface area contributed by atoms with Gasteiger partial charge in [-0.3, -0.25) is 0 Å². The first-order valence-corrected chi connectivity index (χ1v) is 9.03. The number of halogens is 7. The number of allylic oxidation sites excluding steroid dienone is 4. The van der Waals surface area contributed by atoms with Gasteiger partial charge in [0.05, 0.1) is 20.1 Å². The highest BCUT2D eigenvalue weighted by molar-refractivity contribution is 9.14. The molecule has 0 saturated carbocycles. The van der Waals surface area contributed by atoms with Gasteiger partial charge in [-0.15, -0.1) is 0 Å². The van der Waals surface area contributed by atoms with E-state index in [0.717, 1.165) is 24.6 Å². The summed E-state index contributed by atoms with van der Waals surface area (Å²) >= 11 is 35.8. The monoisotopic (exact) mass is 524 g/mol. The lowest BCUT2D eigenvalue weighted by Gasteiger charge is -2.37. The maximum atomic E-state index is 6.38. The SMILES string of the molecule is Clc1c(Cl)c(Cl)c2c(c1Cl)C1C=C(Br)C2C(Br)=C1Br. The van der Waals surface area contributed by atoms with Crippen molar-refractivity contribution in [3.8, 4) is 0 Å². The van der Waals surface area contributed by atoms with Gasteiger partial charge < -0.3 is 0 Å². The Bertz CT molecular complexity index is 678. The fraction of sp³-hybridized carbons (Fsp3) is 0.167. The van der Waals surface area contributed by atoms with Gasteiger partial charge in [-0.25, -0.2) is 0 Å². The van der Waals surface area contributed by atoms with Crippen LogP contribution in [0.15, 0.2) is 19.5 Å². The van der Waals surface area contributed by atoms with Gasteiger partial charge in [-0.05, 0) is 11.1 Å². The van der Waals surface area contributed by atoms with Crippen LogP contribution in [0.3, 0.4) is 0 Å². The van der Waals surface area contributed by atoms with E-state index in [2.05, 4.69) is 53.9 Å². The number of hydrogen-bond donors (Lipinski definition) is 0. The molecule has 2 atom stereocenters. The predicted molar refractivity (Wildman–Crippen MR) is 93.9 cm³/mol. The standard InChI is InChI=1S/C12H3Br3Cl4/c13-3-1-2-4-6(5(3)8(15)7(2)14)10(17)12(19)11(18)9(4)16/h1-2,5H. The average molecular weight is 529 g/mol. The van der Waals surface area contributed by atoms with Crippen molar-refractivity contribution in [2.45, 2.75) is 11.8 Å². The Balaban J connectivity index is 2.42. The lowest BCUT2D eigenvalue weighted by atomic mass is 9.76. The summed E-state index contributed by atoms with van der Waals surface area (Å²) < 4.78 is 3.09. The maximum absolute atomic E-state index is 6.38. The third-order valence-electron chi connectivity index (χ3n) is 3.30. The summed E-state index contributed by atoms with van der Waals surface area (Å²) in [6, 6.07) is 0. The highest BCUT2D eigenvalue weighted by atomic mass is 79.9. The first kappa shape index (κ1) is 15.2. The zero-order valence-corrected chi connectivity index (χ0v) is 16.7. The topological polar surface area (TPSA) is 0 Å². The van der Waals surface area contributed by atoms with Crippen molar-refractivity contribution < 1.29 is 0 Å². The van der Waals surface area contributed by atoms with Gasteiger partial charge in [-0.2, -0.15) is 0 Å². The second kappa shape index (κ2) is 5.19. The van der Waals surface area contributed by atoms with Crippen molar-refractivity contribution in [2.75, 3.05) is 0 Å². The number of hydrogen-bond acceptors (Lipinski definition) is 0. The van der Waals surface area contributed by atoms with Gasteiger partial charge >= 0.3 is 0 Å². The highest BCUT2D eigenvalue weighted by Crippen LogP contribution is 2.61. The molecule has 0 saturated heterocycles. The Labute approximate surface area is 155 Å². The van der Waals surface area contributed by atoms with Crippen molar-refractivity contribution in [3.05, 3.63) is 50.7 Å². The van der Waals surface area contributed by atoms with Crippen LogP contribution in [0.4, 0.5) is 0 Å². The molecular formula is C12H3Br3Cl4. The van der Waals surface area contributed by atoms with Gasteiger partial charge in [0.15, 0.2) is 0 Å². The normalized spacial score (nSPS) is 24.7. The Morgan fingerprint density at radius 3 is 1.84 bits per heavy atom. The molecule has 4 rings (SSSR count). The zero-order valence-electron chi connectivity index (χ0n) is 8.88. The third kappa shape index (κ3) is 2.03. The maximum Gasteiger partial charge on any atom is 0.0797 e. The van der Waals surface area contributed by atoms with E-state index in [-0.39, 0.29) is 11.8 Å². The molecule has 0 radical (unpaired) electrons. The Morgan fingerprint density at radius 1 is 0.737 bits per heavy atom. The van der Waals surface area contributed by atoms with Crippen LogP contribution in [0.25, 0.3) is 0 Å². The molecule has 0 aromatic heterocycles. The second-order valence-corrected chi connectivity index (χ2v) is 8.38. The Morgan fingerprint density at radius 2 is 1.26 bits per heavy atom. The van der Waals surface area contributed by atoms with E-state index in [4.69, 9.17) is 46.4 Å². The minimum atomic E-state index is -0.0332. The quantitative estimate of drug-likeness (QED) is 0.238. The molecule has 3 aliphatic rings. The van der Waals surface area contributed by atoms with Crippen LogP contribution < -0.4 is 0 Å². The van der Waals surface area contributed by atoms with E-state index in [1.165, 1.54) is 0 Å². The molecule has 0 N–H and O–H groups in total. The van der Waals surface area contributed by atoms with Crippen molar-refractivity contribution in [2.24, 2.45) is 0 Å². The lowest BCUT2D eigenvalue weighted by molar-refractivity contribution is 0.853. The molecule has 0 fully saturated rings. The molecule has 3 aliphatic carbocycles. The fourth-order valence-corrected chi connectivity index (χ4v) is 5.91. The van der Waals surface area contributed by atoms with Crippen LogP contribution in [-0.2, 0) is 0 Å². The first-order chi connectivity index (χ1) is 8.86. The van der Waals surface area contributed by atoms with Crippen LogP contribution >= 0.6 is 94.2 Å². The second-order valence-electron chi connectivity index (χ2n) is 4.24. The largest absolute Gasteiger partial charge is 0.0823 e. The van der Waals surface area contributed by atoms with Crippen molar-refractivity contribution in [3.63, 3.8) is 0 Å². The Kier molecular flexibility index (Phi) is 4.15. The van der Waals surface area contributed by atoms with E-state index >= 15 is 0 Å². The molecule has 100 valence electrons.